The van der Waals surface area contributed by atoms with Crippen LogP contribution in [0.25, 0.3) is 0 Å². The Hall–Kier alpha value is -4.28. The average molecular weight is 580 g/mol. The Bertz CT molecular complexity index is 1590. The van der Waals surface area contributed by atoms with Gasteiger partial charge in [0.2, 0.25) is 0 Å². The van der Waals surface area contributed by atoms with E-state index in [1.54, 1.807) is 0 Å². The summed E-state index contributed by atoms with van der Waals surface area (Å²) in [5.74, 6) is 2.28. The molecule has 0 spiro atoms. The largest absolute Gasteiger partial charge is 0.291 e. The topological polar surface area (TPSA) is 17.1 Å². The van der Waals surface area contributed by atoms with Crippen molar-refractivity contribution in [2.75, 3.05) is 6.16 Å². The van der Waals surface area contributed by atoms with E-state index in [1.807, 2.05) is 18.2 Å². The Kier molecular flexibility index (Phi) is 8.43. The molecule has 0 saturated heterocycles. The molecule has 0 N–H and O–H groups in total. The number of ketones is 1. The van der Waals surface area contributed by atoms with Crippen LogP contribution in [-0.2, 0) is 4.79 Å². The van der Waals surface area contributed by atoms with Crippen molar-refractivity contribution in [3.63, 3.8) is 0 Å². The number of rotatable bonds is 9. The maximum atomic E-state index is 14.9. The van der Waals surface area contributed by atoms with E-state index in [0.717, 1.165) is 0 Å². The number of carbonyl (C=O) groups is 1. The van der Waals surface area contributed by atoms with Gasteiger partial charge in [0, 0.05) is 0 Å². The molecule has 0 unspecified atom stereocenters. The van der Waals surface area contributed by atoms with Gasteiger partial charge < -0.3 is 0 Å². The van der Waals surface area contributed by atoms with Crippen LogP contribution in [0, 0.1) is 0 Å². The lowest BCUT2D eigenvalue weighted by Gasteiger charge is -2.30. The monoisotopic (exact) mass is 579 g/mol. The number of hydrogen-bond donors (Lipinski definition) is 0. The summed E-state index contributed by atoms with van der Waals surface area (Å²) < 4.78 is 0. The number of benzene rings is 6. The lowest BCUT2D eigenvalue weighted by molar-refractivity contribution is -0.110. The van der Waals surface area contributed by atoms with Gasteiger partial charge in [-0.2, -0.15) is 0 Å². The minimum Gasteiger partial charge on any atom is -0.291 e. The van der Waals surface area contributed by atoms with Crippen LogP contribution in [-0.4, -0.2) is 17.7 Å². The van der Waals surface area contributed by atoms with Gasteiger partial charge in [0.15, 0.2) is 5.78 Å². The summed E-state index contributed by atoms with van der Waals surface area (Å²) in [6.45, 7) is -2.43. The fraction of sp³-hybridized carbons (Fsp3) is 0.0256. The molecule has 0 fully saturated rings. The quantitative estimate of drug-likeness (QED) is 0.183. The van der Waals surface area contributed by atoms with E-state index in [9.17, 15) is 4.79 Å². The van der Waals surface area contributed by atoms with Gasteiger partial charge >= 0.3 is 0 Å². The second kappa shape index (κ2) is 12.7. The van der Waals surface area contributed by atoms with Crippen LogP contribution in [0.1, 0.15) is 0 Å². The molecule has 0 aliphatic heterocycles. The lowest BCUT2D eigenvalue weighted by Crippen LogP contribution is -2.37. The molecule has 6 rings (SSSR count). The van der Waals surface area contributed by atoms with Crippen molar-refractivity contribution in [3.8, 4) is 0 Å². The molecule has 0 atom stereocenters. The van der Waals surface area contributed by atoms with Crippen LogP contribution in [0.4, 0.5) is 0 Å². The summed E-state index contributed by atoms with van der Waals surface area (Å²) in [6.07, 6.45) is 0.416. The van der Waals surface area contributed by atoms with Gasteiger partial charge in [0.1, 0.15) is 29.3 Å². The predicted octanol–water partition coefficient (Wildman–Crippen LogP) is 6.35. The van der Waals surface area contributed by atoms with E-state index in [-0.39, 0.29) is 5.78 Å². The minimum atomic E-state index is -2.43. The van der Waals surface area contributed by atoms with Crippen LogP contribution in [0.3, 0.4) is 0 Å². The SMILES string of the molecule is O=C(C=P(c1ccccc1)(c1ccccc1)c1ccccc1)C[P+](c1ccccc1)(c1ccccc1)c1ccccc1. The van der Waals surface area contributed by atoms with Crippen LogP contribution in [0.15, 0.2) is 182 Å². The van der Waals surface area contributed by atoms with Crippen molar-refractivity contribution in [3.05, 3.63) is 182 Å². The number of Topliss-reactive ketones (excluding diaryl/α,β-unsaturated/α-hetero) is 1. The highest BCUT2D eigenvalue weighted by atomic mass is 31.2. The summed E-state index contributed by atoms with van der Waals surface area (Å²) in [5.41, 5.74) is 0. The third kappa shape index (κ3) is 5.35. The summed E-state index contributed by atoms with van der Waals surface area (Å²) in [4.78, 5) is 14.9. The first kappa shape index (κ1) is 27.9. The van der Waals surface area contributed by atoms with Gasteiger partial charge in [-0.15, -0.1) is 0 Å². The molecule has 0 amide bonds. The van der Waals surface area contributed by atoms with Gasteiger partial charge in [-0.25, -0.2) is 0 Å². The Morgan fingerprint density at radius 2 is 0.690 bits per heavy atom. The second-order valence-corrected chi connectivity index (χ2v) is 17.0. The third-order valence-corrected chi connectivity index (χ3v) is 16.2. The molecular weight excluding hydrogens is 546 g/mol. The van der Waals surface area contributed by atoms with Crippen LogP contribution in [0.2, 0.25) is 0 Å². The molecule has 0 heterocycles. The standard InChI is InChI=1S/C39H33OP2/c40-33(31-41(34-19-7-1-8-20-34,35-21-9-2-10-22-35)36-23-11-3-12-24-36)32-42(37-25-13-4-14-26-37,38-27-15-5-16-28-38)39-29-17-6-18-30-39/h1-31H,32H2/q+1. The molecule has 0 aliphatic rings. The van der Waals surface area contributed by atoms with Crippen LogP contribution >= 0.6 is 14.1 Å². The second-order valence-electron chi connectivity index (χ2n) is 10.3. The molecule has 6 aromatic rings. The normalized spacial score (nSPS) is 11.5. The van der Waals surface area contributed by atoms with E-state index in [2.05, 4.69) is 170 Å². The minimum absolute atomic E-state index is 0.171. The molecule has 6 aromatic carbocycles. The van der Waals surface area contributed by atoms with Gasteiger partial charge in [0.05, 0.1) is 0 Å². The first-order valence-corrected chi connectivity index (χ1v) is 18.1. The Labute approximate surface area is 249 Å². The zero-order valence-electron chi connectivity index (χ0n) is 23.4. The van der Waals surface area contributed by atoms with Gasteiger partial charge in [-0.1, -0.05) is 146 Å². The fourth-order valence-corrected chi connectivity index (χ4v) is 13.9. The molecule has 204 valence electrons. The lowest BCUT2D eigenvalue weighted by atomic mass is 10.3. The van der Waals surface area contributed by atoms with Gasteiger partial charge in [0.25, 0.3) is 0 Å². The fourth-order valence-electron chi connectivity index (χ4n) is 5.92. The van der Waals surface area contributed by atoms with E-state index >= 15 is 0 Å². The van der Waals surface area contributed by atoms with Crippen LogP contribution in [0.5, 0.6) is 0 Å². The van der Waals surface area contributed by atoms with Crippen molar-refractivity contribution < 1.29 is 4.79 Å². The molecule has 1 nitrogen and oxygen atoms in total. The Morgan fingerprint density at radius 1 is 0.429 bits per heavy atom. The molecule has 0 radical (unpaired) electrons. The molecular formula is C39H33OP2+. The van der Waals surface area contributed by atoms with E-state index < -0.39 is 14.1 Å². The van der Waals surface area contributed by atoms with Crippen molar-refractivity contribution in [2.45, 2.75) is 0 Å². The average Bonchev–Trinajstić information content (AvgIpc) is 3.08. The van der Waals surface area contributed by atoms with Gasteiger partial charge in [-0.05, 0) is 65.0 Å². The zero-order chi connectivity index (χ0) is 28.7. The molecule has 0 aliphatic carbocycles. The van der Waals surface area contributed by atoms with Crippen LogP contribution < -0.4 is 31.8 Å². The first-order valence-electron chi connectivity index (χ1n) is 14.2. The van der Waals surface area contributed by atoms with E-state index in [0.29, 0.717) is 6.16 Å². The highest BCUT2D eigenvalue weighted by Gasteiger charge is 2.47. The number of hydrogen-bond acceptors (Lipinski definition) is 1. The van der Waals surface area contributed by atoms with E-state index in [4.69, 9.17) is 0 Å². The Balaban J connectivity index is 1.64. The predicted molar refractivity (Wildman–Crippen MR) is 186 cm³/mol. The number of carbonyl (C=O) groups excluding carboxylic acids is 1. The van der Waals surface area contributed by atoms with Crippen molar-refractivity contribution in [1.82, 2.24) is 0 Å². The molecule has 3 heteroatoms. The maximum Gasteiger partial charge on any atom is 0.194 e. The molecule has 0 bridgehead atoms. The first-order chi connectivity index (χ1) is 20.7. The summed E-state index contributed by atoms with van der Waals surface area (Å²) >= 11 is 0. The molecule has 0 aromatic heterocycles. The van der Waals surface area contributed by atoms with Crippen molar-refractivity contribution >= 4 is 57.6 Å². The van der Waals surface area contributed by atoms with Crippen molar-refractivity contribution in [2.24, 2.45) is 0 Å². The Morgan fingerprint density at radius 3 is 0.976 bits per heavy atom. The maximum absolute atomic E-state index is 14.9. The smallest absolute Gasteiger partial charge is 0.194 e. The highest BCUT2D eigenvalue weighted by molar-refractivity contribution is 7.97. The molecule has 0 saturated carbocycles. The highest BCUT2D eigenvalue weighted by Crippen LogP contribution is 2.55. The summed E-state index contributed by atoms with van der Waals surface area (Å²) in [7, 11) is -2.33. The third-order valence-electron chi connectivity index (χ3n) is 7.81. The zero-order valence-corrected chi connectivity index (χ0v) is 25.2. The molecule has 42 heavy (non-hydrogen) atoms. The van der Waals surface area contributed by atoms with Gasteiger partial charge in [-0.3, -0.25) is 4.79 Å². The van der Waals surface area contributed by atoms with Crippen molar-refractivity contribution in [1.29, 1.82) is 0 Å². The summed E-state index contributed by atoms with van der Waals surface area (Å²) in [5, 5.41) is 7.18. The van der Waals surface area contributed by atoms with E-state index in [1.165, 1.54) is 31.8 Å². The summed E-state index contributed by atoms with van der Waals surface area (Å²) in [6, 6.07) is 63.7.